The lowest BCUT2D eigenvalue weighted by Gasteiger charge is -2.19. The Bertz CT molecular complexity index is 833. The molecule has 0 bridgehead atoms. The minimum atomic E-state index is -0.948. The molecule has 0 saturated carbocycles. The number of hydrogen-bond acceptors (Lipinski definition) is 3. The molecule has 3 unspecified atom stereocenters. The van der Waals surface area contributed by atoms with Crippen molar-refractivity contribution in [2.75, 3.05) is 5.75 Å². The number of amides is 1. The van der Waals surface area contributed by atoms with Crippen LogP contribution in [-0.2, 0) is 23.6 Å². The molecule has 0 radical (unpaired) electrons. The van der Waals surface area contributed by atoms with Crippen LogP contribution in [0.25, 0.3) is 0 Å². The molecule has 2 aliphatic rings. The summed E-state index contributed by atoms with van der Waals surface area (Å²) >= 11 is 0. The first-order chi connectivity index (χ1) is 11.6. The molecule has 2 aromatic carbocycles. The molecule has 1 aliphatic carbocycles. The summed E-state index contributed by atoms with van der Waals surface area (Å²) < 4.78 is 12.0. The fourth-order valence-electron chi connectivity index (χ4n) is 3.61. The first kappa shape index (κ1) is 15.5. The van der Waals surface area contributed by atoms with Gasteiger partial charge in [0.15, 0.2) is 0 Å². The summed E-state index contributed by atoms with van der Waals surface area (Å²) in [4.78, 5) is 13.5. The van der Waals surface area contributed by atoms with Gasteiger partial charge >= 0.3 is 0 Å². The molecule has 0 saturated heterocycles. The predicted octanol–water partition coefficient (Wildman–Crippen LogP) is 2.13. The van der Waals surface area contributed by atoms with Crippen molar-refractivity contribution in [3.8, 4) is 0 Å². The van der Waals surface area contributed by atoms with Crippen molar-refractivity contribution in [3.63, 3.8) is 0 Å². The zero-order valence-electron chi connectivity index (χ0n) is 13.2. The average Bonchev–Trinajstić information content (AvgIpc) is 2.90. The van der Waals surface area contributed by atoms with Crippen LogP contribution >= 0.6 is 0 Å². The predicted molar refractivity (Wildman–Crippen MR) is 92.4 cm³/mol. The molecule has 0 spiro atoms. The number of hydrogen-bond donors (Lipinski definition) is 2. The van der Waals surface area contributed by atoms with Crippen molar-refractivity contribution in [1.29, 1.82) is 0 Å². The van der Waals surface area contributed by atoms with E-state index in [1.807, 2.05) is 30.3 Å². The summed E-state index contributed by atoms with van der Waals surface area (Å²) in [5.41, 5.74) is 3.62. The van der Waals surface area contributed by atoms with Crippen LogP contribution in [0.15, 0.2) is 47.4 Å². The lowest BCUT2D eigenvalue weighted by atomic mass is 10.0. The Hall–Kier alpha value is -1.98. The standard InChI is InChI=1S/C19H19NO3S/c21-16-11-12-4-1-2-6-15(12)18(16)20-19(22)14-7-8-17-13(10-14)5-3-9-24(17)23/h1-2,4,6-8,10,16,18,21H,3,5,9,11H2,(H,20,22). The third-order valence-electron chi connectivity index (χ3n) is 4.83. The second-order valence-electron chi connectivity index (χ2n) is 6.40. The van der Waals surface area contributed by atoms with E-state index in [0.717, 1.165) is 34.4 Å². The first-order valence-corrected chi connectivity index (χ1v) is 9.53. The number of rotatable bonds is 2. The van der Waals surface area contributed by atoms with Gasteiger partial charge in [-0.3, -0.25) is 9.00 Å². The van der Waals surface area contributed by atoms with Crippen molar-refractivity contribution >= 4 is 16.7 Å². The van der Waals surface area contributed by atoms with Gasteiger partial charge in [-0.25, -0.2) is 0 Å². The van der Waals surface area contributed by atoms with Gasteiger partial charge in [0.05, 0.1) is 22.9 Å². The lowest BCUT2D eigenvalue weighted by Crippen LogP contribution is -2.34. The minimum Gasteiger partial charge on any atom is -0.390 e. The number of carbonyl (C=O) groups is 1. The molecule has 5 heteroatoms. The number of fused-ring (bicyclic) bond motifs is 2. The van der Waals surface area contributed by atoms with Crippen molar-refractivity contribution < 1.29 is 14.1 Å². The highest BCUT2D eigenvalue weighted by molar-refractivity contribution is 7.85. The molecular formula is C19H19NO3S. The Kier molecular flexibility index (Phi) is 3.98. The maximum atomic E-state index is 12.6. The van der Waals surface area contributed by atoms with Crippen LogP contribution in [0.4, 0.5) is 0 Å². The van der Waals surface area contributed by atoms with Gasteiger partial charge in [0.25, 0.3) is 5.91 Å². The fourth-order valence-corrected chi connectivity index (χ4v) is 4.91. The van der Waals surface area contributed by atoms with Gasteiger partial charge in [0.1, 0.15) is 0 Å². The summed E-state index contributed by atoms with van der Waals surface area (Å²) in [6.45, 7) is 0. The maximum absolute atomic E-state index is 12.6. The van der Waals surface area contributed by atoms with E-state index < -0.39 is 16.9 Å². The average molecular weight is 341 g/mol. The lowest BCUT2D eigenvalue weighted by molar-refractivity contribution is 0.0858. The summed E-state index contributed by atoms with van der Waals surface area (Å²) in [7, 11) is -0.948. The zero-order valence-corrected chi connectivity index (χ0v) is 14.0. The Morgan fingerprint density at radius 3 is 2.88 bits per heavy atom. The van der Waals surface area contributed by atoms with Crippen molar-refractivity contribution in [2.45, 2.75) is 36.3 Å². The highest BCUT2D eigenvalue weighted by Gasteiger charge is 2.32. The monoisotopic (exact) mass is 341 g/mol. The van der Waals surface area contributed by atoms with E-state index in [2.05, 4.69) is 5.32 Å². The van der Waals surface area contributed by atoms with Gasteiger partial charge in [-0.05, 0) is 47.7 Å². The number of aliphatic hydroxyl groups is 1. The molecular weight excluding hydrogens is 322 g/mol. The smallest absolute Gasteiger partial charge is 0.251 e. The summed E-state index contributed by atoms with van der Waals surface area (Å²) in [5, 5.41) is 13.2. The third-order valence-corrected chi connectivity index (χ3v) is 6.38. The number of nitrogens with one attached hydrogen (secondary N) is 1. The molecule has 2 aromatic rings. The molecule has 1 aliphatic heterocycles. The Morgan fingerprint density at radius 2 is 2.00 bits per heavy atom. The highest BCUT2D eigenvalue weighted by Crippen LogP contribution is 2.31. The van der Waals surface area contributed by atoms with Crippen molar-refractivity contribution in [2.24, 2.45) is 0 Å². The van der Waals surface area contributed by atoms with Crippen LogP contribution in [0.2, 0.25) is 0 Å². The van der Waals surface area contributed by atoms with E-state index in [9.17, 15) is 14.1 Å². The van der Waals surface area contributed by atoms with E-state index in [1.54, 1.807) is 12.1 Å². The Balaban J connectivity index is 1.58. The Morgan fingerprint density at radius 1 is 1.17 bits per heavy atom. The Labute approximate surface area is 143 Å². The molecule has 124 valence electrons. The molecule has 0 aromatic heterocycles. The van der Waals surface area contributed by atoms with E-state index in [0.29, 0.717) is 17.7 Å². The largest absolute Gasteiger partial charge is 0.390 e. The second-order valence-corrected chi connectivity index (χ2v) is 7.94. The van der Waals surface area contributed by atoms with Crippen LogP contribution in [0, 0.1) is 0 Å². The minimum absolute atomic E-state index is 0.199. The van der Waals surface area contributed by atoms with Gasteiger partial charge in [-0.1, -0.05) is 24.3 Å². The van der Waals surface area contributed by atoms with Gasteiger partial charge in [0, 0.05) is 22.6 Å². The van der Waals surface area contributed by atoms with Crippen LogP contribution in [0.5, 0.6) is 0 Å². The number of benzene rings is 2. The van der Waals surface area contributed by atoms with E-state index in [1.165, 1.54) is 0 Å². The molecule has 2 N–H and O–H groups in total. The summed E-state index contributed by atoms with van der Waals surface area (Å²) in [5.74, 6) is 0.499. The molecule has 0 fully saturated rings. The molecule has 1 amide bonds. The molecule has 24 heavy (non-hydrogen) atoms. The SMILES string of the molecule is O=C(NC1c2ccccc2CC1O)c1ccc2c(c1)CCCS2=O. The van der Waals surface area contributed by atoms with Crippen LogP contribution in [0.3, 0.4) is 0 Å². The van der Waals surface area contributed by atoms with Crippen molar-refractivity contribution in [3.05, 3.63) is 64.7 Å². The fraction of sp³-hybridized carbons (Fsp3) is 0.316. The quantitative estimate of drug-likeness (QED) is 0.879. The van der Waals surface area contributed by atoms with Crippen LogP contribution < -0.4 is 5.32 Å². The third kappa shape index (κ3) is 2.68. The van der Waals surface area contributed by atoms with Crippen LogP contribution in [-0.4, -0.2) is 27.1 Å². The normalized spacial score (nSPS) is 25.0. The number of aliphatic hydroxyl groups excluding tert-OH is 1. The molecule has 1 heterocycles. The summed E-state index contributed by atoms with van der Waals surface area (Å²) in [6, 6.07) is 12.8. The molecule has 4 rings (SSSR count). The highest BCUT2D eigenvalue weighted by atomic mass is 32.2. The van der Waals surface area contributed by atoms with Crippen molar-refractivity contribution in [1.82, 2.24) is 5.32 Å². The topological polar surface area (TPSA) is 66.4 Å². The van der Waals surface area contributed by atoms with Gasteiger partial charge < -0.3 is 10.4 Å². The van der Waals surface area contributed by atoms with E-state index >= 15 is 0 Å². The number of aryl methyl sites for hydroxylation is 1. The number of carbonyl (C=O) groups excluding carboxylic acids is 1. The molecule has 4 nitrogen and oxygen atoms in total. The second kappa shape index (κ2) is 6.15. The summed E-state index contributed by atoms with van der Waals surface area (Å²) in [6.07, 6.45) is 1.71. The van der Waals surface area contributed by atoms with Gasteiger partial charge in [-0.15, -0.1) is 0 Å². The molecule has 3 atom stereocenters. The van der Waals surface area contributed by atoms with E-state index in [-0.39, 0.29) is 11.9 Å². The van der Waals surface area contributed by atoms with Crippen LogP contribution in [0.1, 0.15) is 39.5 Å². The van der Waals surface area contributed by atoms with Gasteiger partial charge in [0.2, 0.25) is 0 Å². The maximum Gasteiger partial charge on any atom is 0.251 e. The first-order valence-electron chi connectivity index (χ1n) is 8.21. The zero-order chi connectivity index (χ0) is 16.7. The van der Waals surface area contributed by atoms with E-state index in [4.69, 9.17) is 0 Å². The van der Waals surface area contributed by atoms with Gasteiger partial charge in [-0.2, -0.15) is 0 Å².